The summed E-state index contributed by atoms with van der Waals surface area (Å²) in [6, 6.07) is 0.817. The summed E-state index contributed by atoms with van der Waals surface area (Å²) in [7, 11) is 2.12. The predicted octanol–water partition coefficient (Wildman–Crippen LogP) is 3.67. The van der Waals surface area contributed by atoms with Gasteiger partial charge in [-0.05, 0) is 101 Å². The van der Waals surface area contributed by atoms with Crippen molar-refractivity contribution >= 4 is 0 Å². The highest BCUT2D eigenvalue weighted by Crippen LogP contribution is 2.61. The molecule has 5 fully saturated rings. The maximum atomic E-state index is 3.42. The Balaban J connectivity index is 1.37. The summed E-state index contributed by atoms with van der Waals surface area (Å²) in [5, 5.41) is 3.42. The van der Waals surface area contributed by atoms with Crippen LogP contribution in [0.2, 0.25) is 0 Å². The summed E-state index contributed by atoms with van der Waals surface area (Å²) in [6.07, 6.45) is 15.3. The lowest BCUT2D eigenvalue weighted by atomic mass is 9.49. The number of piperidine rings is 1. The molecule has 0 spiro atoms. The highest BCUT2D eigenvalue weighted by Gasteiger charge is 2.50. The van der Waals surface area contributed by atoms with Crippen molar-refractivity contribution in [2.24, 2.45) is 23.2 Å². The van der Waals surface area contributed by atoms with Crippen LogP contribution in [0.3, 0.4) is 0 Å². The molecule has 0 aromatic carbocycles. The summed E-state index contributed by atoms with van der Waals surface area (Å²) in [6.45, 7) is 3.94. The Morgan fingerprint density at radius 3 is 2.29 bits per heavy atom. The fourth-order valence-electron chi connectivity index (χ4n) is 6.80. The molecule has 0 amide bonds. The molecule has 0 radical (unpaired) electrons. The molecule has 4 aliphatic carbocycles. The van der Waals surface area contributed by atoms with Crippen LogP contribution in [-0.4, -0.2) is 37.6 Å². The van der Waals surface area contributed by atoms with Crippen molar-refractivity contribution in [3.8, 4) is 0 Å². The van der Waals surface area contributed by atoms with Gasteiger partial charge in [0.15, 0.2) is 0 Å². The molecular formula is C19H34N2. The summed E-state index contributed by atoms with van der Waals surface area (Å²) in [5.41, 5.74) is 0.774. The fourth-order valence-corrected chi connectivity index (χ4v) is 6.80. The van der Waals surface area contributed by atoms with E-state index in [1.165, 1.54) is 45.3 Å². The lowest BCUT2D eigenvalue weighted by Gasteiger charge is -2.57. The maximum absolute atomic E-state index is 3.42. The van der Waals surface area contributed by atoms with E-state index >= 15 is 0 Å². The molecule has 1 atom stereocenters. The topological polar surface area (TPSA) is 15.3 Å². The molecule has 1 aliphatic heterocycles. The van der Waals surface area contributed by atoms with Gasteiger partial charge in [0.25, 0.3) is 0 Å². The third-order valence-electron chi connectivity index (χ3n) is 7.28. The van der Waals surface area contributed by atoms with E-state index in [0.29, 0.717) is 0 Å². The average molecular weight is 290 g/mol. The molecular weight excluding hydrogens is 256 g/mol. The van der Waals surface area contributed by atoms with Gasteiger partial charge in [-0.3, -0.25) is 4.90 Å². The zero-order chi connectivity index (χ0) is 14.3. The molecule has 1 saturated heterocycles. The molecule has 4 bridgehead atoms. The van der Waals surface area contributed by atoms with Gasteiger partial charge in [0.2, 0.25) is 0 Å². The summed E-state index contributed by atoms with van der Waals surface area (Å²) < 4.78 is 0. The monoisotopic (exact) mass is 290 g/mol. The highest BCUT2D eigenvalue weighted by atomic mass is 15.2. The molecule has 5 rings (SSSR count). The molecule has 0 aromatic heterocycles. The van der Waals surface area contributed by atoms with Gasteiger partial charge in [0.1, 0.15) is 0 Å². The summed E-state index contributed by atoms with van der Waals surface area (Å²) in [5.74, 6) is 3.35. The second-order valence-corrected chi connectivity index (χ2v) is 8.91. The lowest BCUT2D eigenvalue weighted by Crippen LogP contribution is -2.50. The number of hydrogen-bond donors (Lipinski definition) is 1. The van der Waals surface area contributed by atoms with E-state index in [0.717, 1.165) is 29.2 Å². The molecule has 1 unspecified atom stereocenters. The zero-order valence-corrected chi connectivity index (χ0v) is 13.9. The third-order valence-corrected chi connectivity index (χ3v) is 7.28. The largest absolute Gasteiger partial charge is 0.318 e. The van der Waals surface area contributed by atoms with Crippen LogP contribution in [0.1, 0.15) is 64.2 Å². The smallest absolute Gasteiger partial charge is 0.0220 e. The van der Waals surface area contributed by atoms with Gasteiger partial charge in [0, 0.05) is 12.6 Å². The molecule has 2 nitrogen and oxygen atoms in total. The first-order valence-electron chi connectivity index (χ1n) is 9.65. The molecule has 0 aromatic rings. The van der Waals surface area contributed by atoms with Crippen molar-refractivity contribution < 1.29 is 0 Å². The number of nitrogens with one attached hydrogen (secondary N) is 1. The Bertz CT molecular complexity index is 327. The van der Waals surface area contributed by atoms with Crippen molar-refractivity contribution in [3.63, 3.8) is 0 Å². The van der Waals surface area contributed by atoms with Crippen molar-refractivity contribution in [1.82, 2.24) is 10.2 Å². The van der Waals surface area contributed by atoms with Crippen LogP contribution in [0.4, 0.5) is 0 Å². The van der Waals surface area contributed by atoms with E-state index in [2.05, 4.69) is 17.3 Å². The quantitative estimate of drug-likeness (QED) is 0.831. The van der Waals surface area contributed by atoms with Gasteiger partial charge < -0.3 is 5.32 Å². The maximum Gasteiger partial charge on any atom is 0.0220 e. The second kappa shape index (κ2) is 5.85. The molecule has 21 heavy (non-hydrogen) atoms. The van der Waals surface area contributed by atoms with Gasteiger partial charge in [-0.25, -0.2) is 0 Å². The number of likely N-dealkylation sites (N-methyl/N-ethyl adjacent to an activating group) is 1. The number of likely N-dealkylation sites (tertiary alicyclic amines) is 1. The molecule has 1 N–H and O–H groups in total. The van der Waals surface area contributed by atoms with E-state index in [1.807, 2.05) is 0 Å². The second-order valence-electron chi connectivity index (χ2n) is 8.91. The third kappa shape index (κ3) is 2.91. The minimum atomic E-state index is 0.774. The molecule has 2 heteroatoms. The Morgan fingerprint density at radius 1 is 1.00 bits per heavy atom. The Hall–Kier alpha value is -0.0800. The van der Waals surface area contributed by atoms with Crippen molar-refractivity contribution in [2.75, 3.05) is 26.7 Å². The molecule has 1 heterocycles. The van der Waals surface area contributed by atoms with Gasteiger partial charge in [-0.1, -0.05) is 6.42 Å². The molecule has 120 valence electrons. The first-order valence-corrected chi connectivity index (χ1v) is 9.65. The van der Waals surface area contributed by atoms with E-state index in [9.17, 15) is 0 Å². The minimum absolute atomic E-state index is 0.774. The van der Waals surface area contributed by atoms with E-state index in [1.54, 1.807) is 38.5 Å². The number of rotatable bonds is 5. The van der Waals surface area contributed by atoms with Crippen molar-refractivity contribution in [1.29, 1.82) is 0 Å². The fraction of sp³-hybridized carbons (Fsp3) is 1.00. The van der Waals surface area contributed by atoms with Crippen LogP contribution in [-0.2, 0) is 0 Å². The van der Waals surface area contributed by atoms with Gasteiger partial charge in [-0.2, -0.15) is 0 Å². The van der Waals surface area contributed by atoms with Crippen LogP contribution in [0.5, 0.6) is 0 Å². The van der Waals surface area contributed by atoms with Crippen LogP contribution in [0, 0.1) is 23.2 Å². The Labute approximate surface area is 131 Å². The van der Waals surface area contributed by atoms with E-state index in [4.69, 9.17) is 0 Å². The SMILES string of the molecule is CNCC1CCCCN1CCC12CC3CC(CC(C3)C1)C2. The minimum Gasteiger partial charge on any atom is -0.318 e. The van der Waals surface area contributed by atoms with Gasteiger partial charge >= 0.3 is 0 Å². The van der Waals surface area contributed by atoms with Crippen molar-refractivity contribution in [3.05, 3.63) is 0 Å². The number of nitrogens with zero attached hydrogens (tertiary/aromatic N) is 1. The van der Waals surface area contributed by atoms with Gasteiger partial charge in [0.05, 0.1) is 0 Å². The summed E-state index contributed by atoms with van der Waals surface area (Å²) >= 11 is 0. The average Bonchev–Trinajstić information content (AvgIpc) is 2.45. The standard InChI is InChI=1S/C19H34N2/c1-20-14-18-4-2-3-6-21(18)7-5-19-11-15-8-16(12-19)10-17(9-15)13-19/h15-18,20H,2-14H2,1H3. The molecule has 4 saturated carbocycles. The normalized spacial score (nSPS) is 46.1. The van der Waals surface area contributed by atoms with Crippen LogP contribution in [0.15, 0.2) is 0 Å². The van der Waals surface area contributed by atoms with E-state index < -0.39 is 0 Å². The van der Waals surface area contributed by atoms with Crippen molar-refractivity contribution in [2.45, 2.75) is 70.3 Å². The predicted molar refractivity (Wildman–Crippen MR) is 88.4 cm³/mol. The van der Waals surface area contributed by atoms with E-state index in [-0.39, 0.29) is 0 Å². The van der Waals surface area contributed by atoms with Crippen LogP contribution < -0.4 is 5.32 Å². The molecule has 5 aliphatic rings. The zero-order valence-electron chi connectivity index (χ0n) is 13.9. The first kappa shape index (κ1) is 14.5. The number of hydrogen-bond acceptors (Lipinski definition) is 2. The van der Waals surface area contributed by atoms with Crippen LogP contribution >= 0.6 is 0 Å². The highest BCUT2D eigenvalue weighted by molar-refractivity contribution is 5.01. The summed E-state index contributed by atoms with van der Waals surface area (Å²) in [4.78, 5) is 2.83. The Morgan fingerprint density at radius 2 is 1.67 bits per heavy atom. The van der Waals surface area contributed by atoms with Gasteiger partial charge in [-0.15, -0.1) is 0 Å². The first-order chi connectivity index (χ1) is 10.3. The van der Waals surface area contributed by atoms with Crippen LogP contribution in [0.25, 0.3) is 0 Å². The lowest BCUT2D eigenvalue weighted by molar-refractivity contribution is -0.0633. The Kier molecular flexibility index (Phi) is 4.04.